The SMILES string of the molecule is Cc1nn(C)cc1C(=O)C1(C)CCCO1. The standard InChI is InChI=1S/C11H16N2O2/c1-8-9(7-13(3)12-8)10(14)11(2)5-4-6-15-11/h7H,4-6H2,1-3H3. The summed E-state index contributed by atoms with van der Waals surface area (Å²) >= 11 is 0. The van der Waals surface area contributed by atoms with E-state index in [0.29, 0.717) is 12.2 Å². The van der Waals surface area contributed by atoms with Crippen molar-refractivity contribution in [2.24, 2.45) is 7.05 Å². The summed E-state index contributed by atoms with van der Waals surface area (Å²) in [5, 5.41) is 4.17. The lowest BCUT2D eigenvalue weighted by Gasteiger charge is -2.20. The van der Waals surface area contributed by atoms with Crippen LogP contribution in [0.25, 0.3) is 0 Å². The minimum absolute atomic E-state index is 0.0607. The molecule has 2 rings (SSSR count). The van der Waals surface area contributed by atoms with Crippen molar-refractivity contribution < 1.29 is 9.53 Å². The molecule has 1 saturated heterocycles. The van der Waals surface area contributed by atoms with Gasteiger partial charge in [-0.3, -0.25) is 9.48 Å². The monoisotopic (exact) mass is 208 g/mol. The van der Waals surface area contributed by atoms with Crippen molar-refractivity contribution >= 4 is 5.78 Å². The Kier molecular flexibility index (Phi) is 2.38. The average molecular weight is 208 g/mol. The van der Waals surface area contributed by atoms with Gasteiger partial charge in [-0.25, -0.2) is 0 Å². The molecule has 1 aromatic heterocycles. The zero-order valence-electron chi connectivity index (χ0n) is 9.41. The topological polar surface area (TPSA) is 44.1 Å². The van der Waals surface area contributed by atoms with E-state index in [4.69, 9.17) is 4.74 Å². The van der Waals surface area contributed by atoms with Crippen molar-refractivity contribution in [3.05, 3.63) is 17.5 Å². The van der Waals surface area contributed by atoms with E-state index in [1.807, 2.05) is 20.9 Å². The Bertz CT molecular complexity index is 389. The molecule has 2 heterocycles. The van der Waals surface area contributed by atoms with Gasteiger partial charge in [-0.2, -0.15) is 5.10 Å². The highest BCUT2D eigenvalue weighted by molar-refractivity contribution is 6.03. The van der Waals surface area contributed by atoms with Crippen LogP contribution >= 0.6 is 0 Å². The predicted molar refractivity (Wildman–Crippen MR) is 55.9 cm³/mol. The van der Waals surface area contributed by atoms with E-state index in [2.05, 4.69) is 5.10 Å². The fourth-order valence-electron chi connectivity index (χ4n) is 2.07. The van der Waals surface area contributed by atoms with Crippen LogP contribution in [0.5, 0.6) is 0 Å². The van der Waals surface area contributed by atoms with Gasteiger partial charge in [0.15, 0.2) is 5.78 Å². The number of hydrogen-bond donors (Lipinski definition) is 0. The summed E-state index contributed by atoms with van der Waals surface area (Å²) in [5.41, 5.74) is 0.828. The molecule has 0 N–H and O–H groups in total. The third-order valence-electron chi connectivity index (χ3n) is 2.96. The van der Waals surface area contributed by atoms with E-state index in [0.717, 1.165) is 18.5 Å². The highest BCUT2D eigenvalue weighted by Crippen LogP contribution is 2.29. The van der Waals surface area contributed by atoms with Crippen LogP contribution in [0.1, 0.15) is 35.8 Å². The lowest BCUT2D eigenvalue weighted by molar-refractivity contribution is 0.0213. The lowest BCUT2D eigenvalue weighted by Crippen LogP contribution is -2.34. The Morgan fingerprint density at radius 3 is 2.87 bits per heavy atom. The highest BCUT2D eigenvalue weighted by atomic mass is 16.5. The fourth-order valence-corrected chi connectivity index (χ4v) is 2.07. The van der Waals surface area contributed by atoms with Gasteiger partial charge >= 0.3 is 0 Å². The van der Waals surface area contributed by atoms with Crippen LogP contribution in [0.4, 0.5) is 0 Å². The van der Waals surface area contributed by atoms with Gasteiger partial charge in [0.05, 0.1) is 11.3 Å². The van der Waals surface area contributed by atoms with Gasteiger partial charge in [0.1, 0.15) is 5.60 Å². The van der Waals surface area contributed by atoms with Crippen LogP contribution in [-0.4, -0.2) is 27.8 Å². The molecule has 0 saturated carbocycles. The van der Waals surface area contributed by atoms with E-state index in [9.17, 15) is 4.79 Å². The van der Waals surface area contributed by atoms with Crippen molar-refractivity contribution in [1.29, 1.82) is 0 Å². The second-order valence-electron chi connectivity index (χ2n) is 4.31. The van der Waals surface area contributed by atoms with E-state index in [1.54, 1.807) is 10.9 Å². The predicted octanol–water partition coefficient (Wildman–Crippen LogP) is 1.48. The summed E-state index contributed by atoms with van der Waals surface area (Å²) in [4.78, 5) is 12.2. The van der Waals surface area contributed by atoms with Crippen molar-refractivity contribution in [2.75, 3.05) is 6.61 Å². The Morgan fingerprint density at radius 1 is 1.67 bits per heavy atom. The number of hydrogen-bond acceptors (Lipinski definition) is 3. The summed E-state index contributed by atoms with van der Waals surface area (Å²) in [6, 6.07) is 0. The third-order valence-corrected chi connectivity index (χ3v) is 2.96. The first kappa shape index (κ1) is 10.4. The average Bonchev–Trinajstić information content (AvgIpc) is 2.73. The summed E-state index contributed by atoms with van der Waals surface area (Å²) in [6.07, 6.45) is 3.53. The minimum atomic E-state index is -0.631. The first-order chi connectivity index (χ1) is 7.03. The number of aryl methyl sites for hydroxylation is 2. The molecule has 0 aliphatic carbocycles. The zero-order valence-corrected chi connectivity index (χ0v) is 9.41. The van der Waals surface area contributed by atoms with Crippen LogP contribution in [0, 0.1) is 6.92 Å². The van der Waals surface area contributed by atoms with E-state index >= 15 is 0 Å². The molecule has 4 nitrogen and oxygen atoms in total. The minimum Gasteiger partial charge on any atom is -0.367 e. The zero-order chi connectivity index (χ0) is 11.1. The van der Waals surface area contributed by atoms with E-state index in [1.165, 1.54) is 0 Å². The molecule has 15 heavy (non-hydrogen) atoms. The Hall–Kier alpha value is -1.16. The number of ether oxygens (including phenoxy) is 1. The second kappa shape index (κ2) is 3.45. The van der Waals surface area contributed by atoms with Crippen molar-refractivity contribution in [1.82, 2.24) is 9.78 Å². The number of Topliss-reactive ketones (excluding diaryl/α,β-unsaturated/α-hetero) is 1. The Morgan fingerprint density at radius 2 is 2.40 bits per heavy atom. The molecular weight excluding hydrogens is 192 g/mol. The molecule has 0 aromatic carbocycles. The van der Waals surface area contributed by atoms with Crippen molar-refractivity contribution in [3.8, 4) is 0 Å². The van der Waals surface area contributed by atoms with Gasteiger partial charge in [0, 0.05) is 19.9 Å². The molecule has 1 unspecified atom stereocenters. The van der Waals surface area contributed by atoms with Crippen LogP contribution < -0.4 is 0 Å². The summed E-state index contributed by atoms with van der Waals surface area (Å²) < 4.78 is 7.20. The molecule has 0 radical (unpaired) electrons. The molecule has 0 bridgehead atoms. The number of carbonyl (C=O) groups excluding carboxylic acids is 1. The molecule has 82 valence electrons. The molecular formula is C11H16N2O2. The molecule has 0 amide bonds. The number of ketones is 1. The van der Waals surface area contributed by atoms with Gasteiger partial charge in [0.2, 0.25) is 0 Å². The summed E-state index contributed by atoms with van der Waals surface area (Å²) in [6.45, 7) is 4.40. The van der Waals surface area contributed by atoms with Crippen LogP contribution in [0.2, 0.25) is 0 Å². The van der Waals surface area contributed by atoms with Gasteiger partial charge < -0.3 is 4.74 Å². The maximum Gasteiger partial charge on any atom is 0.197 e. The number of rotatable bonds is 2. The largest absolute Gasteiger partial charge is 0.367 e. The van der Waals surface area contributed by atoms with Gasteiger partial charge in [-0.05, 0) is 26.7 Å². The smallest absolute Gasteiger partial charge is 0.197 e. The summed E-state index contributed by atoms with van der Waals surface area (Å²) in [5.74, 6) is 0.0607. The van der Waals surface area contributed by atoms with Crippen LogP contribution in [0.15, 0.2) is 6.20 Å². The quantitative estimate of drug-likeness (QED) is 0.691. The highest BCUT2D eigenvalue weighted by Gasteiger charge is 2.39. The molecule has 1 aromatic rings. The molecule has 0 spiro atoms. The Balaban J connectivity index is 2.31. The second-order valence-corrected chi connectivity index (χ2v) is 4.31. The van der Waals surface area contributed by atoms with Crippen LogP contribution in [-0.2, 0) is 11.8 Å². The number of nitrogens with zero attached hydrogens (tertiary/aromatic N) is 2. The molecule has 1 fully saturated rings. The van der Waals surface area contributed by atoms with Crippen LogP contribution in [0.3, 0.4) is 0 Å². The normalized spacial score (nSPS) is 25.8. The molecule has 1 atom stereocenters. The third kappa shape index (κ3) is 1.69. The van der Waals surface area contributed by atoms with Gasteiger partial charge in [-0.1, -0.05) is 0 Å². The van der Waals surface area contributed by atoms with E-state index in [-0.39, 0.29) is 5.78 Å². The summed E-state index contributed by atoms with van der Waals surface area (Å²) in [7, 11) is 1.82. The van der Waals surface area contributed by atoms with E-state index < -0.39 is 5.60 Å². The number of carbonyl (C=O) groups is 1. The molecule has 4 heteroatoms. The first-order valence-corrected chi connectivity index (χ1v) is 5.22. The number of aromatic nitrogens is 2. The van der Waals surface area contributed by atoms with Gasteiger partial charge in [-0.15, -0.1) is 0 Å². The van der Waals surface area contributed by atoms with Crippen molar-refractivity contribution in [2.45, 2.75) is 32.3 Å². The maximum atomic E-state index is 12.2. The first-order valence-electron chi connectivity index (χ1n) is 5.22. The Labute approximate surface area is 89.2 Å². The maximum absolute atomic E-state index is 12.2. The fraction of sp³-hybridized carbons (Fsp3) is 0.636. The van der Waals surface area contributed by atoms with Gasteiger partial charge in [0.25, 0.3) is 0 Å². The van der Waals surface area contributed by atoms with Crippen molar-refractivity contribution in [3.63, 3.8) is 0 Å². The molecule has 1 aliphatic heterocycles. The lowest BCUT2D eigenvalue weighted by atomic mass is 9.92. The molecule has 1 aliphatic rings.